The Balaban J connectivity index is 4.48. The SMILES string of the molecule is CC(C)[Si](C(C)C)(C(C)C)[Si]1([Si](C(C)C)(C(C)C)C(C)C)C([Si](C)(C)C)=C1[Si](C)(C)C. The topological polar surface area (TPSA) is 0 Å². The van der Waals surface area contributed by atoms with E-state index in [9.17, 15) is 0 Å². The van der Waals surface area contributed by atoms with Crippen molar-refractivity contribution < 1.29 is 0 Å². The van der Waals surface area contributed by atoms with Crippen LogP contribution in [0.15, 0.2) is 9.64 Å². The lowest BCUT2D eigenvalue weighted by Gasteiger charge is -2.63. The zero-order chi connectivity index (χ0) is 25.1. The summed E-state index contributed by atoms with van der Waals surface area (Å²) in [6.07, 6.45) is 0. The molecule has 1 rings (SSSR count). The molecule has 0 spiro atoms. The van der Waals surface area contributed by atoms with Crippen molar-refractivity contribution in [2.24, 2.45) is 0 Å². The molecule has 184 valence electrons. The number of rotatable bonds is 10. The van der Waals surface area contributed by atoms with Crippen LogP contribution < -0.4 is 0 Å². The third kappa shape index (κ3) is 3.92. The molecule has 0 bridgehead atoms. The van der Waals surface area contributed by atoms with Crippen LogP contribution in [-0.2, 0) is 0 Å². The zero-order valence-electron chi connectivity index (χ0n) is 25.0. The molecule has 0 N–H and O–H groups in total. The van der Waals surface area contributed by atoms with Gasteiger partial charge in [-0.1, -0.05) is 165 Å². The van der Waals surface area contributed by atoms with E-state index in [0.717, 1.165) is 33.2 Å². The van der Waals surface area contributed by atoms with E-state index < -0.39 is 38.4 Å². The summed E-state index contributed by atoms with van der Waals surface area (Å²) in [5.74, 6) is 0. The van der Waals surface area contributed by atoms with Crippen LogP contribution in [0.1, 0.15) is 83.1 Å². The van der Waals surface area contributed by atoms with Crippen molar-refractivity contribution in [2.75, 3.05) is 0 Å². The largest absolute Gasteiger partial charge is 0.0990 e. The Morgan fingerprint density at radius 2 is 0.548 bits per heavy atom. The van der Waals surface area contributed by atoms with Crippen molar-refractivity contribution >= 4 is 38.4 Å². The molecule has 0 fully saturated rings. The van der Waals surface area contributed by atoms with E-state index in [4.69, 9.17) is 0 Å². The lowest BCUT2D eigenvalue weighted by Crippen LogP contribution is -2.80. The molecule has 1 heterocycles. The van der Waals surface area contributed by atoms with Crippen molar-refractivity contribution in [1.29, 1.82) is 0 Å². The smallest absolute Gasteiger partial charge is 0.0861 e. The van der Waals surface area contributed by atoms with Crippen LogP contribution in [0.25, 0.3) is 0 Å². The Hall–Kier alpha value is 0.824. The first-order valence-electron chi connectivity index (χ1n) is 13.4. The van der Waals surface area contributed by atoms with Crippen LogP contribution in [-0.4, -0.2) is 38.4 Å². The molecule has 0 aromatic heterocycles. The van der Waals surface area contributed by atoms with Gasteiger partial charge in [0.2, 0.25) is 0 Å². The average Bonchev–Trinajstić information content (AvgIpc) is 3.17. The Morgan fingerprint density at radius 3 is 0.645 bits per heavy atom. The first-order chi connectivity index (χ1) is 13.6. The molecular weight excluding hydrogens is 453 g/mol. The van der Waals surface area contributed by atoms with Crippen LogP contribution in [0.2, 0.25) is 72.5 Å². The minimum atomic E-state index is -1.69. The summed E-state index contributed by atoms with van der Waals surface area (Å²) in [4.78, 5) is 4.54. The maximum absolute atomic E-state index is 2.73. The van der Waals surface area contributed by atoms with Crippen LogP contribution >= 0.6 is 0 Å². The van der Waals surface area contributed by atoms with Crippen LogP contribution in [0.4, 0.5) is 0 Å². The fraction of sp³-hybridized carbons (Fsp3) is 0.923. The van der Waals surface area contributed by atoms with Gasteiger partial charge in [0, 0.05) is 0 Å². The quantitative estimate of drug-likeness (QED) is 0.255. The highest BCUT2D eigenvalue weighted by Gasteiger charge is 2.82. The molecule has 0 unspecified atom stereocenters. The second-order valence-corrected chi connectivity index (χ2v) is 50.2. The molecule has 0 radical (unpaired) electrons. The maximum Gasteiger partial charge on any atom is 0.0861 e. The van der Waals surface area contributed by atoms with Gasteiger partial charge in [0.1, 0.15) is 0 Å². The van der Waals surface area contributed by atoms with Crippen LogP contribution in [0.5, 0.6) is 0 Å². The first kappa shape index (κ1) is 29.9. The summed E-state index contributed by atoms with van der Waals surface area (Å²) in [5.41, 5.74) is 5.35. The minimum absolute atomic E-state index is 0.891. The second kappa shape index (κ2) is 9.12. The van der Waals surface area contributed by atoms with Crippen molar-refractivity contribution in [1.82, 2.24) is 0 Å². The van der Waals surface area contributed by atoms with Crippen molar-refractivity contribution in [2.45, 2.75) is 156 Å². The summed E-state index contributed by atoms with van der Waals surface area (Å²) in [7, 11) is -7.68. The monoisotopic (exact) mass is 512 g/mol. The van der Waals surface area contributed by atoms with Gasteiger partial charge in [-0.15, -0.1) is 0 Å². The minimum Gasteiger partial charge on any atom is -0.0990 e. The van der Waals surface area contributed by atoms with Gasteiger partial charge < -0.3 is 0 Å². The molecule has 0 aromatic rings. The van der Waals surface area contributed by atoms with E-state index in [1.807, 2.05) is 0 Å². The highest BCUT2D eigenvalue weighted by Crippen LogP contribution is 2.71. The highest BCUT2D eigenvalue weighted by atomic mass is 29.6. The molecule has 0 aromatic carbocycles. The summed E-state index contributed by atoms with van der Waals surface area (Å²) >= 11 is 0. The zero-order valence-corrected chi connectivity index (χ0v) is 30.0. The molecular formula is C26H60Si5. The lowest BCUT2D eigenvalue weighted by molar-refractivity contribution is 0.829. The van der Waals surface area contributed by atoms with Gasteiger partial charge >= 0.3 is 0 Å². The van der Waals surface area contributed by atoms with Gasteiger partial charge in [-0.05, 0) is 0 Å². The maximum atomic E-state index is 2.73. The fourth-order valence-electron chi connectivity index (χ4n) is 10.00. The van der Waals surface area contributed by atoms with E-state index in [0.29, 0.717) is 0 Å². The third-order valence-corrected chi connectivity index (χ3v) is 68.3. The molecule has 1 aliphatic rings. The van der Waals surface area contributed by atoms with E-state index >= 15 is 0 Å². The molecule has 0 saturated carbocycles. The Bertz CT molecular complexity index is 567. The second-order valence-electron chi connectivity index (χ2n) is 14.8. The van der Waals surface area contributed by atoms with E-state index in [1.54, 1.807) is 0 Å². The number of hydrogen-bond acceptors (Lipinski definition) is 0. The number of hydrogen-bond donors (Lipinski definition) is 0. The summed E-state index contributed by atoms with van der Waals surface area (Å²) in [5, 5.41) is 0. The van der Waals surface area contributed by atoms with Gasteiger partial charge in [0.15, 0.2) is 0 Å². The lowest BCUT2D eigenvalue weighted by atomic mass is 10.5. The molecule has 0 aliphatic carbocycles. The van der Waals surface area contributed by atoms with E-state index in [1.165, 1.54) is 0 Å². The molecule has 31 heavy (non-hydrogen) atoms. The predicted molar refractivity (Wildman–Crippen MR) is 162 cm³/mol. The van der Waals surface area contributed by atoms with Gasteiger partial charge in [-0.25, -0.2) is 0 Å². The normalized spacial score (nSPS) is 18.6. The van der Waals surface area contributed by atoms with Crippen molar-refractivity contribution in [3.63, 3.8) is 0 Å². The summed E-state index contributed by atoms with van der Waals surface area (Å²) < 4.78 is 0. The van der Waals surface area contributed by atoms with Gasteiger partial charge in [-0.2, -0.15) is 0 Å². The third-order valence-electron chi connectivity index (χ3n) is 9.47. The Labute approximate surface area is 203 Å². The molecule has 5 heteroatoms. The average molecular weight is 513 g/mol. The molecule has 0 atom stereocenters. The summed E-state index contributed by atoms with van der Waals surface area (Å²) in [6, 6.07) is 0. The predicted octanol–water partition coefficient (Wildman–Crippen LogP) is 10.1. The van der Waals surface area contributed by atoms with Crippen molar-refractivity contribution in [3.05, 3.63) is 9.64 Å². The van der Waals surface area contributed by atoms with E-state index in [-0.39, 0.29) is 0 Å². The van der Waals surface area contributed by atoms with Crippen LogP contribution in [0, 0.1) is 0 Å². The summed E-state index contributed by atoms with van der Waals surface area (Å²) in [6.45, 7) is 48.6. The van der Waals surface area contributed by atoms with Crippen LogP contribution in [0.3, 0.4) is 0 Å². The molecule has 0 nitrogen and oxygen atoms in total. The molecule has 0 amide bonds. The van der Waals surface area contributed by atoms with Gasteiger partial charge in [-0.3, -0.25) is 0 Å². The standard InChI is InChI=1S/C26H60Si5/c1-19(2)29(20(3)4,21(5)6)31(30(22(7)8,23(9)10)24(11)12)25(27(13,14)15)26(31)28(16,17)18/h19-24H,1-18H3. The first-order valence-corrected chi connectivity index (χ1v) is 28.9. The van der Waals surface area contributed by atoms with Gasteiger partial charge in [0.05, 0.1) is 38.4 Å². The van der Waals surface area contributed by atoms with Gasteiger partial charge in [0.25, 0.3) is 0 Å². The van der Waals surface area contributed by atoms with E-state index in [2.05, 4.69) is 132 Å². The molecule has 1 aliphatic heterocycles. The Kier molecular flexibility index (Phi) is 8.79. The highest BCUT2D eigenvalue weighted by molar-refractivity contribution is 7.83. The molecule has 0 saturated heterocycles. The fourth-order valence-corrected chi connectivity index (χ4v) is 114. The Morgan fingerprint density at radius 1 is 0.387 bits per heavy atom. The van der Waals surface area contributed by atoms with Crippen molar-refractivity contribution in [3.8, 4) is 0 Å².